The van der Waals surface area contributed by atoms with E-state index in [1.54, 1.807) is 13.2 Å². The van der Waals surface area contributed by atoms with Crippen LogP contribution in [0.2, 0.25) is 0 Å². The van der Waals surface area contributed by atoms with Crippen molar-refractivity contribution in [1.82, 2.24) is 0 Å². The Hall–Kier alpha value is -1.28. The lowest BCUT2D eigenvalue weighted by molar-refractivity contribution is -0.0500. The monoisotopic (exact) mass is 324 g/mol. The minimum atomic E-state index is -5.64. The molecule has 1 aromatic carbocycles. The maximum atomic E-state index is 12.3. The fourth-order valence-electron chi connectivity index (χ4n) is 2.15. The summed E-state index contributed by atoms with van der Waals surface area (Å²) in [6.07, 6.45) is 2.06. The Kier molecular flexibility index (Phi) is 4.48. The molecule has 118 valence electrons. The van der Waals surface area contributed by atoms with Crippen LogP contribution in [0.3, 0.4) is 0 Å². The third kappa shape index (κ3) is 3.88. The van der Waals surface area contributed by atoms with Gasteiger partial charge in [0.05, 0.1) is 6.61 Å². The van der Waals surface area contributed by atoms with Crippen LogP contribution in [0.15, 0.2) is 24.3 Å². The molecule has 0 bridgehead atoms. The maximum Gasteiger partial charge on any atom is 0.534 e. The fraction of sp³-hybridized carbons (Fsp3) is 0.538. The van der Waals surface area contributed by atoms with Crippen molar-refractivity contribution in [1.29, 1.82) is 0 Å². The number of halogens is 3. The molecule has 0 saturated heterocycles. The van der Waals surface area contributed by atoms with E-state index in [9.17, 15) is 21.6 Å². The van der Waals surface area contributed by atoms with Crippen LogP contribution < -0.4 is 4.18 Å². The molecule has 0 aromatic heterocycles. The number of benzene rings is 1. The molecular weight excluding hydrogens is 309 g/mol. The predicted octanol–water partition coefficient (Wildman–Crippen LogP) is 3.06. The maximum absolute atomic E-state index is 12.3. The Morgan fingerprint density at radius 3 is 2.52 bits per heavy atom. The Morgan fingerprint density at radius 1 is 1.33 bits per heavy atom. The zero-order valence-corrected chi connectivity index (χ0v) is 12.1. The van der Waals surface area contributed by atoms with Gasteiger partial charge in [-0.15, -0.1) is 0 Å². The predicted molar refractivity (Wildman–Crippen MR) is 69.4 cm³/mol. The second-order valence-electron chi connectivity index (χ2n) is 4.95. The third-order valence-corrected chi connectivity index (χ3v) is 4.29. The molecule has 0 amide bonds. The molecule has 1 aromatic rings. The van der Waals surface area contributed by atoms with E-state index in [1.165, 1.54) is 18.2 Å². The Morgan fingerprint density at radius 2 is 2.00 bits per heavy atom. The fourth-order valence-corrected chi connectivity index (χ4v) is 2.61. The Bertz CT molecular complexity index is 594. The summed E-state index contributed by atoms with van der Waals surface area (Å²) in [5, 5.41) is 0. The molecular formula is C13H15F3O4S. The summed E-state index contributed by atoms with van der Waals surface area (Å²) in [4.78, 5) is 0. The van der Waals surface area contributed by atoms with Gasteiger partial charge in [-0.25, -0.2) is 0 Å². The van der Waals surface area contributed by atoms with Crippen LogP contribution in [0.25, 0.3) is 0 Å². The molecule has 0 N–H and O–H groups in total. The summed E-state index contributed by atoms with van der Waals surface area (Å²) in [5.41, 5.74) is -4.72. The van der Waals surface area contributed by atoms with E-state index in [0.717, 1.165) is 12.8 Å². The van der Waals surface area contributed by atoms with Crippen LogP contribution in [0.5, 0.6) is 5.75 Å². The number of methoxy groups -OCH3 is 1. The molecule has 8 heteroatoms. The number of alkyl halides is 3. The van der Waals surface area contributed by atoms with Gasteiger partial charge in [0.25, 0.3) is 0 Å². The van der Waals surface area contributed by atoms with Crippen LogP contribution >= 0.6 is 0 Å². The quantitative estimate of drug-likeness (QED) is 0.596. The molecule has 0 heterocycles. The van der Waals surface area contributed by atoms with E-state index in [2.05, 4.69) is 4.18 Å². The van der Waals surface area contributed by atoms with E-state index in [1.807, 2.05) is 0 Å². The summed E-state index contributed by atoms with van der Waals surface area (Å²) in [6.45, 7) is 0.431. The van der Waals surface area contributed by atoms with Gasteiger partial charge < -0.3 is 8.92 Å². The molecule has 0 unspecified atom stereocenters. The average molecular weight is 324 g/mol. The van der Waals surface area contributed by atoms with Gasteiger partial charge in [0.2, 0.25) is 0 Å². The third-order valence-electron chi connectivity index (χ3n) is 3.31. The van der Waals surface area contributed by atoms with E-state index in [0.29, 0.717) is 18.1 Å². The summed E-state index contributed by atoms with van der Waals surface area (Å²) in [7, 11) is -4.10. The van der Waals surface area contributed by atoms with Gasteiger partial charge in [-0.05, 0) is 36.5 Å². The molecule has 4 nitrogen and oxygen atoms in total. The van der Waals surface area contributed by atoms with E-state index >= 15 is 0 Å². The van der Waals surface area contributed by atoms with Crippen molar-refractivity contribution < 1.29 is 30.5 Å². The van der Waals surface area contributed by atoms with Gasteiger partial charge in [-0.3, -0.25) is 0 Å². The molecule has 1 saturated carbocycles. The highest BCUT2D eigenvalue weighted by Crippen LogP contribution is 2.43. The SMILES string of the molecule is COC[C@H](c1cccc(OS(=O)(=O)C(F)(F)F)c1)C1CC1. The molecule has 1 fully saturated rings. The molecule has 21 heavy (non-hydrogen) atoms. The number of rotatable bonds is 6. The highest BCUT2D eigenvalue weighted by Gasteiger charge is 2.48. The molecule has 0 radical (unpaired) electrons. The number of ether oxygens (including phenoxy) is 1. The van der Waals surface area contributed by atoms with Gasteiger partial charge in [-0.1, -0.05) is 12.1 Å². The first kappa shape index (κ1) is 16.1. The largest absolute Gasteiger partial charge is 0.534 e. The lowest BCUT2D eigenvalue weighted by Crippen LogP contribution is -2.28. The Balaban J connectivity index is 2.21. The summed E-state index contributed by atoms with van der Waals surface area (Å²) >= 11 is 0. The summed E-state index contributed by atoms with van der Waals surface area (Å²) in [6, 6.07) is 5.71. The van der Waals surface area contributed by atoms with Crippen molar-refractivity contribution in [3.63, 3.8) is 0 Å². The van der Waals surface area contributed by atoms with Crippen LogP contribution in [0, 0.1) is 5.92 Å². The first-order valence-electron chi connectivity index (χ1n) is 6.34. The molecule has 2 rings (SSSR count). The summed E-state index contributed by atoms with van der Waals surface area (Å²) in [5.74, 6) is 0.109. The minimum Gasteiger partial charge on any atom is -0.384 e. The van der Waals surface area contributed by atoms with Crippen LogP contribution in [-0.2, 0) is 14.9 Å². The van der Waals surface area contributed by atoms with Gasteiger partial charge in [-0.2, -0.15) is 21.6 Å². The zero-order chi connectivity index (χ0) is 15.7. The van der Waals surface area contributed by atoms with Crippen LogP contribution in [-0.4, -0.2) is 27.6 Å². The van der Waals surface area contributed by atoms with E-state index in [4.69, 9.17) is 4.74 Å². The van der Waals surface area contributed by atoms with Gasteiger partial charge >= 0.3 is 15.6 Å². The van der Waals surface area contributed by atoms with Crippen molar-refractivity contribution in [2.24, 2.45) is 5.92 Å². The number of hydrogen-bond acceptors (Lipinski definition) is 4. The molecule has 1 aliphatic carbocycles. The second kappa shape index (κ2) is 5.84. The molecule has 1 aliphatic rings. The summed E-state index contributed by atoms with van der Waals surface area (Å²) < 4.78 is 68.2. The standard InChI is InChI=1S/C13H15F3O4S/c1-19-8-12(9-5-6-9)10-3-2-4-11(7-10)20-21(17,18)13(14,15)16/h2-4,7,9,12H,5-6,8H2,1H3/t12-/m0/s1. The van der Waals surface area contributed by atoms with Gasteiger partial charge in [0, 0.05) is 13.0 Å². The van der Waals surface area contributed by atoms with Crippen molar-refractivity contribution in [2.45, 2.75) is 24.3 Å². The first-order chi connectivity index (χ1) is 9.74. The molecule has 0 aliphatic heterocycles. The second-order valence-corrected chi connectivity index (χ2v) is 6.49. The highest BCUT2D eigenvalue weighted by atomic mass is 32.2. The highest BCUT2D eigenvalue weighted by molar-refractivity contribution is 7.87. The van der Waals surface area contributed by atoms with Crippen LogP contribution in [0.4, 0.5) is 13.2 Å². The van der Waals surface area contributed by atoms with Crippen molar-refractivity contribution >= 4 is 10.1 Å². The molecule has 0 spiro atoms. The van der Waals surface area contributed by atoms with Crippen molar-refractivity contribution in [3.8, 4) is 5.75 Å². The average Bonchev–Trinajstić information content (AvgIpc) is 3.18. The van der Waals surface area contributed by atoms with E-state index in [-0.39, 0.29) is 11.7 Å². The van der Waals surface area contributed by atoms with E-state index < -0.39 is 15.6 Å². The van der Waals surface area contributed by atoms with Crippen molar-refractivity contribution in [2.75, 3.05) is 13.7 Å². The first-order valence-corrected chi connectivity index (χ1v) is 7.75. The normalized spacial score (nSPS) is 17.5. The number of hydrogen-bond donors (Lipinski definition) is 0. The minimum absolute atomic E-state index is 0.0344. The van der Waals surface area contributed by atoms with Gasteiger partial charge in [0.15, 0.2) is 0 Å². The van der Waals surface area contributed by atoms with Crippen LogP contribution in [0.1, 0.15) is 24.3 Å². The lowest BCUT2D eigenvalue weighted by Gasteiger charge is -2.17. The lowest BCUT2D eigenvalue weighted by atomic mass is 9.95. The smallest absolute Gasteiger partial charge is 0.384 e. The topological polar surface area (TPSA) is 52.6 Å². The zero-order valence-electron chi connectivity index (χ0n) is 11.3. The molecule has 1 atom stereocenters. The Labute approximate surface area is 121 Å². The van der Waals surface area contributed by atoms with Crippen molar-refractivity contribution in [3.05, 3.63) is 29.8 Å². The van der Waals surface area contributed by atoms with Gasteiger partial charge in [0.1, 0.15) is 5.75 Å².